The molecule has 32 heavy (non-hydrogen) atoms. The number of hydrogen-bond donors (Lipinski definition) is 0. The second kappa shape index (κ2) is 9.87. The number of halogens is 2. The first-order chi connectivity index (χ1) is 15.3. The fourth-order valence-electron chi connectivity index (χ4n) is 3.32. The number of aliphatic imine (C=N–C) groups is 2. The van der Waals surface area contributed by atoms with Crippen molar-refractivity contribution in [3.05, 3.63) is 69.7 Å². The number of rotatable bonds is 6. The summed E-state index contributed by atoms with van der Waals surface area (Å²) < 4.78 is 0. The lowest BCUT2D eigenvalue weighted by Crippen LogP contribution is -2.44. The van der Waals surface area contributed by atoms with Gasteiger partial charge in [-0.2, -0.15) is 0 Å². The summed E-state index contributed by atoms with van der Waals surface area (Å²) in [5.41, 5.74) is 1.24. The molecular formula is C22H20Cl2N4O2S2. The standard InChI is InChI=1S/C22H20Cl2N4O2S2/c1-13-25-21(31-11-19(29)15-3-7-17(23)8-4-15)28-14(2)26-22(27(13)28)32-12-20(30)16-5-9-18(24)10-6-16/h3-10,13-14H,11-12H2,1-2H3. The van der Waals surface area contributed by atoms with Gasteiger partial charge in [-0.15, -0.1) is 0 Å². The van der Waals surface area contributed by atoms with E-state index in [1.807, 2.05) is 23.9 Å². The Morgan fingerprint density at radius 3 is 1.44 bits per heavy atom. The SMILES string of the molecule is CC1N=C(SCC(=O)c2ccc(Cl)cc2)N2C(C)N=C(SCC(=O)c3ccc(Cl)cc3)N12. The number of Topliss-reactive ketones (excluding diaryl/α,β-unsaturated/α-hetero) is 2. The van der Waals surface area contributed by atoms with Crippen LogP contribution in [0.3, 0.4) is 0 Å². The van der Waals surface area contributed by atoms with Gasteiger partial charge in [0.2, 0.25) is 0 Å². The van der Waals surface area contributed by atoms with E-state index in [1.165, 1.54) is 23.5 Å². The van der Waals surface area contributed by atoms with E-state index in [9.17, 15) is 9.59 Å². The molecule has 166 valence electrons. The average molecular weight is 507 g/mol. The molecule has 0 saturated carbocycles. The van der Waals surface area contributed by atoms with Crippen LogP contribution >= 0.6 is 46.7 Å². The summed E-state index contributed by atoms with van der Waals surface area (Å²) in [6.07, 6.45) is -0.324. The summed E-state index contributed by atoms with van der Waals surface area (Å²) in [6.45, 7) is 3.94. The van der Waals surface area contributed by atoms with Gasteiger partial charge in [-0.1, -0.05) is 46.7 Å². The molecule has 0 aromatic heterocycles. The molecular weight excluding hydrogens is 487 g/mol. The van der Waals surface area contributed by atoms with Crippen molar-refractivity contribution in [2.75, 3.05) is 11.5 Å². The Kier molecular flexibility index (Phi) is 7.14. The minimum absolute atomic E-state index is 0.0106. The van der Waals surface area contributed by atoms with Crippen LogP contribution in [0.4, 0.5) is 0 Å². The number of nitrogens with zero attached hydrogens (tertiary/aromatic N) is 4. The summed E-state index contributed by atoms with van der Waals surface area (Å²) in [5.74, 6) is 0.552. The molecule has 2 atom stereocenters. The maximum atomic E-state index is 12.5. The summed E-state index contributed by atoms with van der Waals surface area (Å²) in [4.78, 5) is 34.5. The molecule has 2 aliphatic rings. The lowest BCUT2D eigenvalue weighted by atomic mass is 10.1. The van der Waals surface area contributed by atoms with Crippen molar-refractivity contribution in [1.82, 2.24) is 10.0 Å². The number of benzene rings is 2. The highest BCUT2D eigenvalue weighted by Gasteiger charge is 2.42. The highest BCUT2D eigenvalue weighted by atomic mass is 35.5. The molecule has 0 fully saturated rings. The van der Waals surface area contributed by atoms with Crippen molar-refractivity contribution in [3.8, 4) is 0 Å². The quantitative estimate of drug-likeness (QED) is 0.483. The molecule has 6 nitrogen and oxygen atoms in total. The molecule has 0 saturated heterocycles. The van der Waals surface area contributed by atoms with Gasteiger partial charge in [0.25, 0.3) is 0 Å². The highest BCUT2D eigenvalue weighted by molar-refractivity contribution is 8.15. The largest absolute Gasteiger partial charge is 0.293 e. The van der Waals surface area contributed by atoms with Gasteiger partial charge < -0.3 is 0 Å². The molecule has 0 aliphatic carbocycles. The fraction of sp³-hybridized carbons (Fsp3) is 0.273. The van der Waals surface area contributed by atoms with Gasteiger partial charge in [0.1, 0.15) is 12.3 Å². The van der Waals surface area contributed by atoms with E-state index < -0.39 is 0 Å². The first-order valence-electron chi connectivity index (χ1n) is 9.90. The molecule has 2 unspecified atom stereocenters. The maximum absolute atomic E-state index is 12.5. The zero-order valence-electron chi connectivity index (χ0n) is 17.4. The number of fused-ring (bicyclic) bond motifs is 1. The molecule has 2 heterocycles. The van der Waals surface area contributed by atoms with E-state index in [0.717, 1.165) is 10.3 Å². The van der Waals surface area contributed by atoms with Gasteiger partial charge in [-0.05, 0) is 62.4 Å². The van der Waals surface area contributed by atoms with Crippen LogP contribution in [-0.4, -0.2) is 55.8 Å². The van der Waals surface area contributed by atoms with Crippen LogP contribution in [0.15, 0.2) is 58.5 Å². The predicted molar refractivity (Wildman–Crippen MR) is 134 cm³/mol. The number of hydrogen-bond acceptors (Lipinski definition) is 8. The summed E-state index contributed by atoms with van der Waals surface area (Å²) >= 11 is 14.6. The van der Waals surface area contributed by atoms with Crippen molar-refractivity contribution in [2.45, 2.75) is 26.2 Å². The van der Waals surface area contributed by atoms with E-state index in [-0.39, 0.29) is 35.4 Å². The number of hydrazine groups is 1. The van der Waals surface area contributed by atoms with E-state index in [0.29, 0.717) is 21.2 Å². The van der Waals surface area contributed by atoms with Gasteiger partial charge in [0.05, 0.1) is 11.5 Å². The molecule has 2 aromatic rings. The Morgan fingerprint density at radius 1 is 0.750 bits per heavy atom. The van der Waals surface area contributed by atoms with Crippen LogP contribution in [0, 0.1) is 0 Å². The lowest BCUT2D eigenvalue weighted by molar-refractivity contribution is 0.101. The normalized spacial score (nSPS) is 19.6. The predicted octanol–water partition coefficient (Wildman–Crippen LogP) is 5.48. The van der Waals surface area contributed by atoms with Crippen molar-refractivity contribution in [2.24, 2.45) is 9.98 Å². The third-order valence-electron chi connectivity index (χ3n) is 4.92. The third-order valence-corrected chi connectivity index (χ3v) is 7.34. The Morgan fingerprint density at radius 2 is 1.09 bits per heavy atom. The molecule has 0 N–H and O–H groups in total. The number of ketones is 2. The van der Waals surface area contributed by atoms with Crippen LogP contribution in [0.2, 0.25) is 10.0 Å². The second-order valence-corrected chi connectivity index (χ2v) is 9.97. The van der Waals surface area contributed by atoms with Gasteiger partial charge in [0, 0.05) is 21.2 Å². The van der Waals surface area contributed by atoms with Crippen molar-refractivity contribution in [1.29, 1.82) is 0 Å². The molecule has 2 aliphatic heterocycles. The van der Waals surface area contributed by atoms with E-state index >= 15 is 0 Å². The second-order valence-electron chi connectivity index (χ2n) is 7.21. The van der Waals surface area contributed by atoms with Crippen LogP contribution in [0.25, 0.3) is 0 Å². The Balaban J connectivity index is 1.36. The zero-order chi connectivity index (χ0) is 22.8. The number of carbonyl (C=O) groups excluding carboxylic acids is 2. The third kappa shape index (κ3) is 4.98. The van der Waals surface area contributed by atoms with Crippen molar-refractivity contribution >= 4 is 68.6 Å². The minimum Gasteiger partial charge on any atom is -0.293 e. The van der Waals surface area contributed by atoms with Gasteiger partial charge in [-0.25, -0.2) is 20.0 Å². The van der Waals surface area contributed by atoms with Gasteiger partial charge in [-0.3, -0.25) is 9.59 Å². The maximum Gasteiger partial charge on any atom is 0.183 e. The fourth-order valence-corrected chi connectivity index (χ4v) is 5.62. The van der Waals surface area contributed by atoms with Crippen molar-refractivity contribution < 1.29 is 9.59 Å². The van der Waals surface area contributed by atoms with Crippen LogP contribution in [0.1, 0.15) is 34.6 Å². The molecule has 0 bridgehead atoms. The first-order valence-corrected chi connectivity index (χ1v) is 12.6. The van der Waals surface area contributed by atoms with Crippen LogP contribution in [0.5, 0.6) is 0 Å². The van der Waals surface area contributed by atoms with Crippen molar-refractivity contribution in [3.63, 3.8) is 0 Å². The summed E-state index contributed by atoms with van der Waals surface area (Å²) in [7, 11) is 0. The van der Waals surface area contributed by atoms with E-state index in [4.69, 9.17) is 33.2 Å². The van der Waals surface area contributed by atoms with E-state index in [2.05, 4.69) is 0 Å². The summed E-state index contributed by atoms with van der Waals surface area (Å²) in [5, 5.41) is 6.66. The first kappa shape index (κ1) is 23.2. The molecule has 0 radical (unpaired) electrons. The van der Waals surface area contributed by atoms with Crippen LogP contribution in [-0.2, 0) is 0 Å². The van der Waals surface area contributed by atoms with Gasteiger partial charge in [0.15, 0.2) is 21.9 Å². The summed E-state index contributed by atoms with van der Waals surface area (Å²) in [6, 6.07) is 13.7. The zero-order valence-corrected chi connectivity index (χ0v) is 20.5. The molecule has 0 spiro atoms. The Labute approximate surface area is 205 Å². The minimum atomic E-state index is -0.162. The van der Waals surface area contributed by atoms with Gasteiger partial charge >= 0.3 is 0 Å². The Bertz CT molecular complexity index is 1000. The molecule has 4 rings (SSSR count). The lowest BCUT2D eigenvalue weighted by Gasteiger charge is -2.29. The molecule has 2 aromatic carbocycles. The topological polar surface area (TPSA) is 65.3 Å². The highest BCUT2D eigenvalue weighted by Crippen LogP contribution is 2.34. The smallest absolute Gasteiger partial charge is 0.183 e. The Hall–Kier alpha value is -2.00. The van der Waals surface area contributed by atoms with E-state index in [1.54, 1.807) is 48.5 Å². The number of carbonyl (C=O) groups is 2. The molecule has 0 amide bonds. The average Bonchev–Trinajstić information content (AvgIpc) is 3.29. The number of amidine groups is 2. The number of thioether (sulfide) groups is 2. The molecule has 10 heteroatoms. The van der Waals surface area contributed by atoms with Crippen LogP contribution < -0.4 is 0 Å². The monoisotopic (exact) mass is 506 g/mol.